The zero-order valence-electron chi connectivity index (χ0n) is 13.8. The molecule has 0 N–H and O–H groups in total. The van der Waals surface area contributed by atoms with Crippen molar-refractivity contribution in [3.05, 3.63) is 34.9 Å². The second-order valence-electron chi connectivity index (χ2n) is 6.67. The van der Waals surface area contributed by atoms with E-state index in [9.17, 15) is 9.59 Å². The first-order valence-corrected chi connectivity index (χ1v) is 8.63. The van der Waals surface area contributed by atoms with Crippen LogP contribution in [0.1, 0.15) is 42.4 Å². The largest absolute Gasteiger partial charge is 0.469 e. The second-order valence-corrected chi connectivity index (χ2v) is 6.67. The van der Waals surface area contributed by atoms with Crippen molar-refractivity contribution >= 4 is 11.9 Å². The van der Waals surface area contributed by atoms with Crippen LogP contribution in [0.25, 0.3) is 0 Å². The third-order valence-electron chi connectivity index (χ3n) is 5.15. The molecule has 0 spiro atoms. The van der Waals surface area contributed by atoms with Crippen molar-refractivity contribution in [2.24, 2.45) is 5.92 Å². The van der Waals surface area contributed by atoms with Crippen LogP contribution in [0.15, 0.2) is 18.2 Å². The minimum atomic E-state index is -0.146. The Balaban J connectivity index is 1.56. The van der Waals surface area contributed by atoms with E-state index in [0.717, 1.165) is 12.0 Å². The Morgan fingerprint density at radius 1 is 1.13 bits per heavy atom. The van der Waals surface area contributed by atoms with Gasteiger partial charge >= 0.3 is 5.97 Å². The smallest absolute Gasteiger partial charge is 0.308 e. The third-order valence-corrected chi connectivity index (χ3v) is 5.15. The maximum absolute atomic E-state index is 12.5. The topological polar surface area (TPSA) is 46.6 Å². The molecule has 2 aliphatic rings. The van der Waals surface area contributed by atoms with Gasteiger partial charge in [0, 0.05) is 13.1 Å². The van der Waals surface area contributed by atoms with Crippen molar-refractivity contribution in [2.75, 3.05) is 20.2 Å². The van der Waals surface area contributed by atoms with Crippen LogP contribution in [0, 0.1) is 5.92 Å². The summed E-state index contributed by atoms with van der Waals surface area (Å²) in [5.41, 5.74) is 3.99. The lowest BCUT2D eigenvalue weighted by Gasteiger charge is -2.31. The SMILES string of the molecule is COC(=O)C1CCN(C(=O)Cc2ccc3c(c2)CCCC3)CC1. The fourth-order valence-electron chi connectivity index (χ4n) is 3.71. The molecule has 1 amide bonds. The first-order valence-electron chi connectivity index (χ1n) is 8.63. The van der Waals surface area contributed by atoms with Gasteiger partial charge in [-0.15, -0.1) is 0 Å². The first kappa shape index (κ1) is 16.0. The van der Waals surface area contributed by atoms with Crippen molar-refractivity contribution in [1.82, 2.24) is 4.90 Å². The molecule has 1 aliphatic heterocycles. The molecule has 0 unspecified atom stereocenters. The highest BCUT2D eigenvalue weighted by Gasteiger charge is 2.27. The van der Waals surface area contributed by atoms with Gasteiger partial charge < -0.3 is 9.64 Å². The van der Waals surface area contributed by atoms with Gasteiger partial charge in [0.2, 0.25) is 5.91 Å². The van der Waals surface area contributed by atoms with E-state index in [4.69, 9.17) is 4.74 Å². The van der Waals surface area contributed by atoms with E-state index in [1.807, 2.05) is 4.90 Å². The molecule has 0 radical (unpaired) electrons. The Labute approximate surface area is 137 Å². The predicted molar refractivity (Wildman–Crippen MR) is 88.1 cm³/mol. The predicted octanol–water partition coefficient (Wildman–Crippen LogP) is 2.52. The van der Waals surface area contributed by atoms with E-state index >= 15 is 0 Å². The Bertz CT molecular complexity index is 588. The fraction of sp³-hybridized carbons (Fsp3) is 0.579. The van der Waals surface area contributed by atoms with Crippen LogP contribution in [0.4, 0.5) is 0 Å². The van der Waals surface area contributed by atoms with Crippen LogP contribution in [-0.2, 0) is 33.6 Å². The molecule has 1 saturated heterocycles. The number of rotatable bonds is 3. The van der Waals surface area contributed by atoms with Crippen LogP contribution in [0.3, 0.4) is 0 Å². The van der Waals surface area contributed by atoms with Crippen LogP contribution in [0.2, 0.25) is 0 Å². The minimum absolute atomic E-state index is 0.0483. The quantitative estimate of drug-likeness (QED) is 0.805. The Morgan fingerprint density at radius 2 is 1.83 bits per heavy atom. The van der Waals surface area contributed by atoms with Crippen molar-refractivity contribution in [3.63, 3.8) is 0 Å². The minimum Gasteiger partial charge on any atom is -0.469 e. The summed E-state index contributed by atoms with van der Waals surface area (Å²) in [4.78, 5) is 25.9. The molecular formula is C19H25NO3. The Kier molecular flexibility index (Phi) is 4.99. The number of amides is 1. The lowest BCUT2D eigenvalue weighted by Crippen LogP contribution is -2.41. The number of carbonyl (C=O) groups excluding carboxylic acids is 2. The molecule has 1 aromatic carbocycles. The summed E-state index contributed by atoms with van der Waals surface area (Å²) in [6.45, 7) is 1.31. The number of esters is 1. The Morgan fingerprint density at radius 3 is 2.52 bits per heavy atom. The van der Waals surface area contributed by atoms with E-state index in [-0.39, 0.29) is 17.8 Å². The van der Waals surface area contributed by atoms with Gasteiger partial charge in [0.15, 0.2) is 0 Å². The van der Waals surface area contributed by atoms with Gasteiger partial charge in [0.05, 0.1) is 19.4 Å². The highest BCUT2D eigenvalue weighted by molar-refractivity contribution is 5.79. The number of methoxy groups -OCH3 is 1. The Hall–Kier alpha value is -1.84. The normalized spacial score (nSPS) is 18.4. The highest BCUT2D eigenvalue weighted by atomic mass is 16.5. The number of hydrogen-bond donors (Lipinski definition) is 0. The van der Waals surface area contributed by atoms with E-state index in [0.29, 0.717) is 32.4 Å². The van der Waals surface area contributed by atoms with Gasteiger partial charge in [-0.1, -0.05) is 18.2 Å². The second kappa shape index (κ2) is 7.16. The summed E-state index contributed by atoms with van der Waals surface area (Å²) in [6, 6.07) is 6.51. The monoisotopic (exact) mass is 315 g/mol. The molecule has 4 heteroatoms. The number of carbonyl (C=O) groups is 2. The molecule has 0 aromatic heterocycles. The van der Waals surface area contributed by atoms with Crippen LogP contribution in [-0.4, -0.2) is 37.0 Å². The fourth-order valence-corrected chi connectivity index (χ4v) is 3.71. The van der Waals surface area contributed by atoms with Crippen LogP contribution >= 0.6 is 0 Å². The molecule has 1 fully saturated rings. The van der Waals surface area contributed by atoms with Gasteiger partial charge in [0.25, 0.3) is 0 Å². The summed E-state index contributed by atoms with van der Waals surface area (Å²) in [5, 5.41) is 0. The number of nitrogens with zero attached hydrogens (tertiary/aromatic N) is 1. The van der Waals surface area contributed by atoms with Crippen molar-refractivity contribution in [1.29, 1.82) is 0 Å². The molecular weight excluding hydrogens is 290 g/mol. The molecule has 3 rings (SSSR count). The third kappa shape index (κ3) is 3.74. The van der Waals surface area contributed by atoms with Gasteiger partial charge in [-0.3, -0.25) is 9.59 Å². The summed E-state index contributed by atoms with van der Waals surface area (Å²) in [7, 11) is 1.43. The molecule has 23 heavy (non-hydrogen) atoms. The number of benzene rings is 1. The molecule has 1 aliphatic carbocycles. The molecule has 0 bridgehead atoms. The first-order chi connectivity index (χ1) is 11.2. The molecule has 4 nitrogen and oxygen atoms in total. The van der Waals surface area contributed by atoms with Gasteiger partial charge in [0.1, 0.15) is 0 Å². The summed E-state index contributed by atoms with van der Waals surface area (Å²) in [5.74, 6) is -0.0244. The lowest BCUT2D eigenvalue weighted by atomic mass is 9.90. The highest BCUT2D eigenvalue weighted by Crippen LogP contribution is 2.23. The molecule has 124 valence electrons. The van der Waals surface area contributed by atoms with Crippen molar-refractivity contribution in [3.8, 4) is 0 Å². The van der Waals surface area contributed by atoms with E-state index in [1.54, 1.807) is 0 Å². The number of ether oxygens (including phenoxy) is 1. The summed E-state index contributed by atoms with van der Waals surface area (Å²) >= 11 is 0. The van der Waals surface area contributed by atoms with Crippen molar-refractivity contribution < 1.29 is 14.3 Å². The summed E-state index contributed by atoms with van der Waals surface area (Å²) in [6.07, 6.45) is 6.74. The summed E-state index contributed by atoms with van der Waals surface area (Å²) < 4.78 is 4.79. The molecule has 0 atom stereocenters. The van der Waals surface area contributed by atoms with E-state index in [1.165, 1.54) is 37.5 Å². The molecule has 0 saturated carbocycles. The van der Waals surface area contributed by atoms with Crippen LogP contribution < -0.4 is 0 Å². The van der Waals surface area contributed by atoms with Gasteiger partial charge in [-0.2, -0.15) is 0 Å². The van der Waals surface area contributed by atoms with Crippen molar-refractivity contribution in [2.45, 2.75) is 44.9 Å². The van der Waals surface area contributed by atoms with Gasteiger partial charge in [-0.05, 0) is 55.2 Å². The number of hydrogen-bond acceptors (Lipinski definition) is 3. The average Bonchev–Trinajstić information content (AvgIpc) is 2.61. The molecule has 1 aromatic rings. The molecule has 1 heterocycles. The number of aryl methyl sites for hydroxylation is 2. The standard InChI is InChI=1S/C19H25NO3/c1-23-19(22)16-8-10-20(11-9-16)18(21)13-14-6-7-15-4-2-3-5-17(15)12-14/h6-7,12,16H,2-5,8-11,13H2,1H3. The number of piperidine rings is 1. The van der Waals surface area contributed by atoms with Crippen LogP contribution in [0.5, 0.6) is 0 Å². The number of fused-ring (bicyclic) bond motifs is 1. The average molecular weight is 315 g/mol. The van der Waals surface area contributed by atoms with E-state index in [2.05, 4.69) is 18.2 Å². The zero-order chi connectivity index (χ0) is 16.2. The lowest BCUT2D eigenvalue weighted by molar-refractivity contribution is -0.148. The maximum atomic E-state index is 12.5. The number of likely N-dealkylation sites (tertiary alicyclic amines) is 1. The van der Waals surface area contributed by atoms with Gasteiger partial charge in [-0.25, -0.2) is 0 Å². The van der Waals surface area contributed by atoms with E-state index < -0.39 is 0 Å². The zero-order valence-corrected chi connectivity index (χ0v) is 13.8. The maximum Gasteiger partial charge on any atom is 0.308 e.